The number of benzene rings is 3. The molecular weight excluding hydrogens is 496 g/mol. The Morgan fingerprint density at radius 3 is 2.43 bits per heavy atom. The molecule has 0 unspecified atom stereocenters. The minimum atomic E-state index is -4.05. The van der Waals surface area contributed by atoms with Crippen molar-refractivity contribution in [3.63, 3.8) is 0 Å². The van der Waals surface area contributed by atoms with Crippen molar-refractivity contribution in [2.75, 3.05) is 20.0 Å². The molecule has 2 aliphatic rings. The van der Waals surface area contributed by atoms with Gasteiger partial charge in [0.1, 0.15) is 13.2 Å². The molecule has 0 saturated carbocycles. The Morgan fingerprint density at radius 1 is 0.838 bits per heavy atom. The van der Waals surface area contributed by atoms with Crippen molar-refractivity contribution in [2.24, 2.45) is 0 Å². The average Bonchev–Trinajstić information content (AvgIpc) is 3.37. The molecule has 0 fully saturated rings. The Balaban J connectivity index is 1.41. The van der Waals surface area contributed by atoms with E-state index in [9.17, 15) is 13.2 Å². The van der Waals surface area contributed by atoms with Crippen LogP contribution in [0, 0.1) is 6.92 Å². The summed E-state index contributed by atoms with van der Waals surface area (Å²) in [5.41, 5.74) is 2.35. The standard InChI is InChI=1S/C27H24N2O7S/c1-17-3-2-4-19-12-20(27(30)28-26(17)19)15-29(14-18-5-7-23-24(11-18)36-16-35-23)37(31,32)21-6-8-22-25(13-21)34-10-9-33-22/h2-8,11-13H,9-10,14-16H2,1H3,(H,28,30). The predicted octanol–water partition coefficient (Wildman–Crippen LogP) is 3.73. The Hall–Kier alpha value is -4.02. The molecule has 37 heavy (non-hydrogen) atoms. The molecule has 2 aliphatic heterocycles. The maximum Gasteiger partial charge on any atom is 0.252 e. The third-order valence-electron chi connectivity index (χ3n) is 6.46. The summed E-state index contributed by atoms with van der Waals surface area (Å²) >= 11 is 0. The number of nitrogens with zero attached hydrogens (tertiary/aromatic N) is 1. The summed E-state index contributed by atoms with van der Waals surface area (Å²) in [7, 11) is -4.05. The smallest absolute Gasteiger partial charge is 0.252 e. The fourth-order valence-corrected chi connectivity index (χ4v) is 5.96. The van der Waals surface area contributed by atoms with Crippen LogP contribution in [0.5, 0.6) is 23.0 Å². The number of hydrogen-bond donors (Lipinski definition) is 1. The molecule has 0 bridgehead atoms. The molecule has 0 spiro atoms. The van der Waals surface area contributed by atoms with Gasteiger partial charge in [0.05, 0.1) is 10.4 Å². The van der Waals surface area contributed by atoms with E-state index in [1.807, 2.05) is 25.1 Å². The summed E-state index contributed by atoms with van der Waals surface area (Å²) in [4.78, 5) is 16.0. The number of aromatic amines is 1. The number of fused-ring (bicyclic) bond motifs is 3. The van der Waals surface area contributed by atoms with Crippen LogP contribution in [0.3, 0.4) is 0 Å². The summed E-state index contributed by atoms with van der Waals surface area (Å²) in [6, 6.07) is 17.3. The van der Waals surface area contributed by atoms with Crippen LogP contribution in [-0.2, 0) is 23.1 Å². The number of nitrogens with one attached hydrogen (secondary N) is 1. The fourth-order valence-electron chi connectivity index (χ4n) is 4.54. The van der Waals surface area contributed by atoms with Gasteiger partial charge in [-0.05, 0) is 53.8 Å². The van der Waals surface area contributed by atoms with Gasteiger partial charge in [-0.3, -0.25) is 4.79 Å². The number of H-pyrrole nitrogens is 1. The molecule has 1 aromatic heterocycles. The quantitative estimate of drug-likeness (QED) is 0.413. The highest BCUT2D eigenvalue weighted by molar-refractivity contribution is 7.89. The zero-order chi connectivity index (χ0) is 25.6. The first-order valence-corrected chi connectivity index (χ1v) is 13.2. The van der Waals surface area contributed by atoms with Gasteiger partial charge in [0, 0.05) is 24.7 Å². The van der Waals surface area contributed by atoms with Crippen molar-refractivity contribution >= 4 is 20.9 Å². The third kappa shape index (κ3) is 4.38. The lowest BCUT2D eigenvalue weighted by Gasteiger charge is -2.24. The largest absolute Gasteiger partial charge is 0.486 e. The fraction of sp³-hybridized carbons (Fsp3) is 0.222. The Morgan fingerprint density at radius 2 is 1.57 bits per heavy atom. The minimum Gasteiger partial charge on any atom is -0.486 e. The molecule has 0 amide bonds. The van der Waals surface area contributed by atoms with E-state index in [0.717, 1.165) is 16.5 Å². The SMILES string of the molecule is Cc1cccc2cc(CN(Cc3ccc4c(c3)OCO4)S(=O)(=O)c3ccc4c(c3)OCCO4)c(=O)[nH]c12. The lowest BCUT2D eigenvalue weighted by Crippen LogP contribution is -2.32. The van der Waals surface area contributed by atoms with Crippen molar-refractivity contribution in [3.8, 4) is 23.0 Å². The maximum absolute atomic E-state index is 14.0. The molecule has 3 aromatic carbocycles. The van der Waals surface area contributed by atoms with Gasteiger partial charge in [0.15, 0.2) is 23.0 Å². The predicted molar refractivity (Wildman–Crippen MR) is 136 cm³/mol. The van der Waals surface area contributed by atoms with Crippen molar-refractivity contribution < 1.29 is 27.4 Å². The molecule has 0 saturated heterocycles. The van der Waals surface area contributed by atoms with Crippen molar-refractivity contribution in [1.82, 2.24) is 9.29 Å². The number of para-hydroxylation sites is 1. The number of sulfonamides is 1. The van der Waals surface area contributed by atoms with Crippen LogP contribution in [0.1, 0.15) is 16.7 Å². The highest BCUT2D eigenvalue weighted by Gasteiger charge is 2.28. The summed E-state index contributed by atoms with van der Waals surface area (Å²) in [5.74, 6) is 2.02. The van der Waals surface area contributed by atoms with Crippen molar-refractivity contribution in [1.29, 1.82) is 0 Å². The van der Waals surface area contributed by atoms with E-state index >= 15 is 0 Å². The van der Waals surface area contributed by atoms with E-state index in [1.54, 1.807) is 30.3 Å². The molecule has 6 rings (SSSR count). The zero-order valence-electron chi connectivity index (χ0n) is 20.0. The minimum absolute atomic E-state index is 0.0126. The third-order valence-corrected chi connectivity index (χ3v) is 8.25. The van der Waals surface area contributed by atoms with Crippen molar-refractivity contribution in [2.45, 2.75) is 24.9 Å². The van der Waals surface area contributed by atoms with Gasteiger partial charge in [-0.25, -0.2) is 8.42 Å². The van der Waals surface area contributed by atoms with E-state index in [1.165, 1.54) is 16.4 Å². The normalized spacial score (nSPS) is 14.3. The zero-order valence-corrected chi connectivity index (χ0v) is 20.8. The van der Waals surface area contributed by atoms with Crippen LogP contribution < -0.4 is 24.5 Å². The van der Waals surface area contributed by atoms with Crippen LogP contribution in [0.4, 0.5) is 0 Å². The van der Waals surface area contributed by atoms with Crippen LogP contribution in [0.25, 0.3) is 10.9 Å². The lowest BCUT2D eigenvalue weighted by atomic mass is 10.1. The first-order chi connectivity index (χ1) is 17.9. The van der Waals surface area contributed by atoms with Gasteiger partial charge in [0.25, 0.3) is 5.56 Å². The topological polar surface area (TPSA) is 107 Å². The second-order valence-electron chi connectivity index (χ2n) is 8.93. The molecule has 1 N–H and O–H groups in total. The van der Waals surface area contributed by atoms with Gasteiger partial charge in [-0.2, -0.15) is 4.31 Å². The molecule has 4 aromatic rings. The monoisotopic (exact) mass is 520 g/mol. The van der Waals surface area contributed by atoms with Gasteiger partial charge in [0.2, 0.25) is 16.8 Å². The lowest BCUT2D eigenvalue weighted by molar-refractivity contribution is 0.171. The van der Waals surface area contributed by atoms with Gasteiger partial charge >= 0.3 is 0 Å². The second-order valence-corrected chi connectivity index (χ2v) is 10.9. The highest BCUT2D eigenvalue weighted by atomic mass is 32.2. The van der Waals surface area contributed by atoms with E-state index < -0.39 is 10.0 Å². The molecule has 0 radical (unpaired) electrons. The van der Waals surface area contributed by atoms with Crippen molar-refractivity contribution in [3.05, 3.63) is 87.7 Å². The summed E-state index contributed by atoms with van der Waals surface area (Å²) < 4.78 is 51.2. The second kappa shape index (κ2) is 9.13. The first kappa shape index (κ1) is 23.4. The number of hydrogen-bond acceptors (Lipinski definition) is 7. The molecule has 10 heteroatoms. The summed E-state index contributed by atoms with van der Waals surface area (Å²) in [6.45, 7) is 2.64. The van der Waals surface area contributed by atoms with Crippen LogP contribution >= 0.6 is 0 Å². The summed E-state index contributed by atoms with van der Waals surface area (Å²) in [6.07, 6.45) is 0. The van der Waals surface area contributed by atoms with Crippen LogP contribution in [0.15, 0.2) is 70.4 Å². The molecule has 3 heterocycles. The summed E-state index contributed by atoms with van der Waals surface area (Å²) in [5, 5.41) is 0.828. The number of pyridine rings is 1. The number of aryl methyl sites for hydroxylation is 1. The number of rotatable bonds is 6. The maximum atomic E-state index is 14.0. The first-order valence-electron chi connectivity index (χ1n) is 11.8. The van der Waals surface area contributed by atoms with Crippen LogP contribution in [0.2, 0.25) is 0 Å². The molecular formula is C27H24N2O7S. The average molecular weight is 521 g/mol. The molecule has 190 valence electrons. The molecule has 9 nitrogen and oxygen atoms in total. The Bertz CT molecular complexity index is 1680. The van der Waals surface area contributed by atoms with E-state index in [0.29, 0.717) is 47.3 Å². The van der Waals surface area contributed by atoms with Gasteiger partial charge in [-0.15, -0.1) is 0 Å². The van der Waals surface area contributed by atoms with Crippen LogP contribution in [-0.4, -0.2) is 37.7 Å². The number of aromatic nitrogens is 1. The highest BCUT2D eigenvalue weighted by Crippen LogP contribution is 2.35. The van der Waals surface area contributed by atoms with E-state index in [2.05, 4.69) is 4.98 Å². The van der Waals surface area contributed by atoms with E-state index in [4.69, 9.17) is 18.9 Å². The Kier molecular flexibility index (Phi) is 5.77. The Labute approximate surface area is 213 Å². The molecule has 0 aliphatic carbocycles. The van der Waals surface area contributed by atoms with E-state index in [-0.39, 0.29) is 30.3 Å². The van der Waals surface area contributed by atoms with Gasteiger partial charge < -0.3 is 23.9 Å². The molecule has 0 atom stereocenters. The van der Waals surface area contributed by atoms with Gasteiger partial charge in [-0.1, -0.05) is 24.3 Å². The number of ether oxygens (including phenoxy) is 4.